The zero-order valence-corrected chi connectivity index (χ0v) is 25.8. The maximum absolute atomic E-state index is 15.2. The molecule has 1 aliphatic heterocycles. The SMILES string of the molecule is O=C1CCC(CNCc2ccc(-c3ccnc(-c4cccc(Nc5nccc(CNCCO)c5F)c4Cl)c3Cl)nc2OC(F)F)N1. The first-order chi connectivity index (χ1) is 22.2. The number of pyridine rings is 3. The molecule has 1 saturated heterocycles. The summed E-state index contributed by atoms with van der Waals surface area (Å²) in [5.41, 5.74) is 2.45. The van der Waals surface area contributed by atoms with E-state index >= 15 is 4.39 Å². The maximum atomic E-state index is 15.2. The number of nitrogens with zero attached hydrogens (tertiary/aromatic N) is 3. The number of rotatable bonds is 14. The second kappa shape index (κ2) is 15.5. The fourth-order valence-electron chi connectivity index (χ4n) is 4.93. The summed E-state index contributed by atoms with van der Waals surface area (Å²) in [6.45, 7) is -2.03. The van der Waals surface area contributed by atoms with Crippen LogP contribution in [0, 0.1) is 5.82 Å². The van der Waals surface area contributed by atoms with Crippen LogP contribution >= 0.6 is 23.2 Å². The average molecular weight is 677 g/mol. The third kappa shape index (κ3) is 8.03. The molecule has 5 N–H and O–H groups in total. The van der Waals surface area contributed by atoms with Gasteiger partial charge < -0.3 is 31.1 Å². The van der Waals surface area contributed by atoms with Gasteiger partial charge in [0.25, 0.3) is 0 Å². The van der Waals surface area contributed by atoms with E-state index in [0.717, 1.165) is 0 Å². The number of ether oxygens (including phenoxy) is 1. The number of halogens is 5. The van der Waals surface area contributed by atoms with Gasteiger partial charge in [-0.2, -0.15) is 8.78 Å². The molecular weight excluding hydrogens is 646 g/mol. The van der Waals surface area contributed by atoms with E-state index in [1.807, 2.05) is 0 Å². The first-order valence-electron chi connectivity index (χ1n) is 14.4. The summed E-state index contributed by atoms with van der Waals surface area (Å²) in [5.74, 6) is -0.910. The minimum absolute atomic E-state index is 0.0165. The summed E-state index contributed by atoms with van der Waals surface area (Å²) in [5, 5.41) is 21.2. The lowest BCUT2D eigenvalue weighted by molar-refractivity contribution is -0.119. The second-order valence-electron chi connectivity index (χ2n) is 10.3. The molecule has 1 amide bonds. The highest BCUT2D eigenvalue weighted by molar-refractivity contribution is 6.39. The van der Waals surface area contributed by atoms with E-state index < -0.39 is 12.4 Å². The smallest absolute Gasteiger partial charge is 0.388 e. The van der Waals surface area contributed by atoms with Gasteiger partial charge in [-0.3, -0.25) is 9.78 Å². The number of amides is 1. The molecule has 0 spiro atoms. The molecule has 1 atom stereocenters. The lowest BCUT2D eigenvalue weighted by atomic mass is 10.1. The van der Waals surface area contributed by atoms with Crippen molar-refractivity contribution in [1.29, 1.82) is 0 Å². The molecule has 0 bridgehead atoms. The first-order valence-corrected chi connectivity index (χ1v) is 15.1. The summed E-state index contributed by atoms with van der Waals surface area (Å²) in [7, 11) is 0. The third-order valence-corrected chi connectivity index (χ3v) is 7.97. The van der Waals surface area contributed by atoms with Gasteiger partial charge in [0.15, 0.2) is 11.6 Å². The lowest BCUT2D eigenvalue weighted by Crippen LogP contribution is -2.35. The number of anilines is 2. The summed E-state index contributed by atoms with van der Waals surface area (Å²) in [4.78, 5) is 24.3. The number of aliphatic hydroxyl groups excluding tert-OH is 1. The van der Waals surface area contributed by atoms with Crippen LogP contribution in [0.15, 0.2) is 54.9 Å². The van der Waals surface area contributed by atoms with Crippen molar-refractivity contribution in [3.05, 3.63) is 81.8 Å². The molecule has 1 aromatic carbocycles. The van der Waals surface area contributed by atoms with Crippen LogP contribution in [-0.2, 0) is 17.9 Å². The van der Waals surface area contributed by atoms with Crippen molar-refractivity contribution in [3.63, 3.8) is 0 Å². The minimum atomic E-state index is -3.11. The molecule has 10 nitrogen and oxygen atoms in total. The summed E-state index contributed by atoms with van der Waals surface area (Å²) in [6, 6.07) is 11.3. The largest absolute Gasteiger partial charge is 0.417 e. The Hall–Kier alpha value is -4.01. The van der Waals surface area contributed by atoms with Crippen molar-refractivity contribution < 1.29 is 27.8 Å². The Labute approximate surface area is 272 Å². The number of benzene rings is 1. The number of aliphatic hydroxyl groups is 1. The van der Waals surface area contributed by atoms with E-state index in [1.54, 1.807) is 36.4 Å². The first kappa shape index (κ1) is 33.4. The zero-order chi connectivity index (χ0) is 32.6. The normalized spacial score (nSPS) is 14.5. The highest BCUT2D eigenvalue weighted by atomic mass is 35.5. The topological polar surface area (TPSA) is 133 Å². The van der Waals surface area contributed by atoms with E-state index in [-0.39, 0.29) is 64.8 Å². The van der Waals surface area contributed by atoms with Gasteiger partial charge in [-0.1, -0.05) is 41.4 Å². The van der Waals surface area contributed by atoms with Crippen LogP contribution in [0.25, 0.3) is 22.5 Å². The average Bonchev–Trinajstić information content (AvgIpc) is 3.45. The highest BCUT2D eigenvalue weighted by Gasteiger charge is 2.22. The standard InChI is InChI=1S/C31H30Cl2F3N7O3/c32-25-21(2-1-3-23(25)42-29-27(34)17(8-10-40-29)14-37-12-13-44)28-26(33)20(9-11-39-28)22-6-4-18(30(43-22)46-31(35)36)15-38-16-19-5-7-24(45)41-19/h1-4,6,8-11,19,31,37-38,44H,5,7,12-16H2,(H,40,42)(H,41,45). The van der Waals surface area contributed by atoms with Gasteiger partial charge in [-0.15, -0.1) is 0 Å². The predicted molar refractivity (Wildman–Crippen MR) is 169 cm³/mol. The molecule has 15 heteroatoms. The Balaban J connectivity index is 1.39. The van der Waals surface area contributed by atoms with Crippen LogP contribution < -0.4 is 26.0 Å². The van der Waals surface area contributed by atoms with Gasteiger partial charge in [0, 0.05) is 73.3 Å². The van der Waals surface area contributed by atoms with Crippen LogP contribution in [0.3, 0.4) is 0 Å². The van der Waals surface area contributed by atoms with Crippen molar-refractivity contribution in [3.8, 4) is 28.4 Å². The Kier molecular flexibility index (Phi) is 11.3. The highest BCUT2D eigenvalue weighted by Crippen LogP contribution is 2.41. The monoisotopic (exact) mass is 675 g/mol. The molecule has 1 aliphatic rings. The van der Waals surface area contributed by atoms with E-state index in [0.29, 0.717) is 53.9 Å². The Bertz CT molecular complexity index is 1700. The van der Waals surface area contributed by atoms with E-state index in [4.69, 9.17) is 33.0 Å². The van der Waals surface area contributed by atoms with Gasteiger partial charge in [-0.25, -0.2) is 14.4 Å². The van der Waals surface area contributed by atoms with E-state index in [1.165, 1.54) is 18.5 Å². The number of nitrogens with one attached hydrogen (secondary N) is 4. The number of carbonyl (C=O) groups excluding carboxylic acids is 1. The molecule has 3 aromatic heterocycles. The molecule has 5 rings (SSSR count). The van der Waals surface area contributed by atoms with Crippen LogP contribution in [0.1, 0.15) is 24.0 Å². The Morgan fingerprint density at radius 1 is 1.00 bits per heavy atom. The number of hydrogen-bond acceptors (Lipinski definition) is 9. The van der Waals surface area contributed by atoms with E-state index in [2.05, 4.69) is 36.2 Å². The molecule has 1 fully saturated rings. The minimum Gasteiger partial charge on any atom is -0.417 e. The number of alkyl halides is 2. The van der Waals surface area contributed by atoms with Crippen molar-refractivity contribution in [2.45, 2.75) is 38.6 Å². The Morgan fingerprint density at radius 3 is 2.57 bits per heavy atom. The van der Waals surface area contributed by atoms with Crippen molar-refractivity contribution >= 4 is 40.6 Å². The van der Waals surface area contributed by atoms with Crippen molar-refractivity contribution in [2.24, 2.45) is 0 Å². The summed E-state index contributed by atoms with van der Waals surface area (Å²) < 4.78 is 46.6. The molecule has 1 unspecified atom stereocenters. The van der Waals surface area contributed by atoms with Gasteiger partial charge in [-0.05, 0) is 30.7 Å². The number of aromatic nitrogens is 3. The fourth-order valence-corrected chi connectivity index (χ4v) is 5.50. The number of carbonyl (C=O) groups is 1. The maximum Gasteiger partial charge on any atom is 0.388 e. The fraction of sp³-hybridized carbons (Fsp3) is 0.290. The summed E-state index contributed by atoms with van der Waals surface area (Å²) >= 11 is 13.6. The summed E-state index contributed by atoms with van der Waals surface area (Å²) in [6.07, 6.45) is 4.09. The van der Waals surface area contributed by atoms with Gasteiger partial charge in [0.2, 0.25) is 11.8 Å². The van der Waals surface area contributed by atoms with Crippen molar-refractivity contribution in [2.75, 3.05) is 25.0 Å². The molecule has 0 saturated carbocycles. The van der Waals surface area contributed by atoms with Gasteiger partial charge in [0.1, 0.15) is 0 Å². The van der Waals surface area contributed by atoms with Gasteiger partial charge in [0.05, 0.1) is 33.7 Å². The van der Waals surface area contributed by atoms with Crippen molar-refractivity contribution in [1.82, 2.24) is 30.9 Å². The lowest BCUT2D eigenvalue weighted by Gasteiger charge is -2.16. The van der Waals surface area contributed by atoms with Gasteiger partial charge >= 0.3 is 6.61 Å². The third-order valence-electron chi connectivity index (χ3n) is 7.18. The number of hydrogen-bond donors (Lipinski definition) is 5. The van der Waals surface area contributed by atoms with Crippen LogP contribution in [-0.4, -0.2) is 58.3 Å². The van der Waals surface area contributed by atoms with Crippen LogP contribution in [0.2, 0.25) is 10.0 Å². The molecule has 46 heavy (non-hydrogen) atoms. The molecule has 4 heterocycles. The van der Waals surface area contributed by atoms with Crippen LogP contribution in [0.5, 0.6) is 5.88 Å². The zero-order valence-electron chi connectivity index (χ0n) is 24.3. The quantitative estimate of drug-likeness (QED) is 0.111. The van der Waals surface area contributed by atoms with E-state index in [9.17, 15) is 13.6 Å². The Morgan fingerprint density at radius 2 is 1.80 bits per heavy atom. The van der Waals surface area contributed by atoms with Crippen LogP contribution in [0.4, 0.5) is 24.7 Å². The second-order valence-corrected chi connectivity index (χ2v) is 11.1. The molecule has 242 valence electrons. The molecular formula is C31H30Cl2F3N7O3. The molecule has 0 aliphatic carbocycles. The molecule has 0 radical (unpaired) electrons. The molecule has 4 aromatic rings. The predicted octanol–water partition coefficient (Wildman–Crippen LogP) is 5.45.